The molecule has 0 rings (SSSR count). The second kappa shape index (κ2) is 8.00. The first kappa shape index (κ1) is 19.4. The molecule has 0 aliphatic rings. The quantitative estimate of drug-likeness (QED) is 0.569. The van der Waals surface area contributed by atoms with E-state index in [1.54, 1.807) is 0 Å². The Morgan fingerprint density at radius 2 is 1.16 bits per heavy atom. The number of hydrogen-bond donors (Lipinski definition) is 2. The summed E-state index contributed by atoms with van der Waals surface area (Å²) >= 11 is 0. The number of rotatable bonds is 10. The Morgan fingerprint density at radius 1 is 0.737 bits per heavy atom. The summed E-state index contributed by atoms with van der Waals surface area (Å²) in [5, 5.41) is 0. The Morgan fingerprint density at radius 3 is 1.53 bits per heavy atom. The van der Waals surface area contributed by atoms with Crippen LogP contribution in [0.3, 0.4) is 0 Å². The first-order valence-electron chi connectivity index (χ1n) is 5.21. The van der Waals surface area contributed by atoms with Crippen LogP contribution < -0.4 is 0 Å². The molecule has 0 heterocycles. The van der Waals surface area contributed by atoms with E-state index in [1.165, 1.54) is 20.8 Å². The number of phosphoric ester groups is 2. The molecule has 116 valence electrons. The smallest absolute Gasteiger partial charge is 0.302 e. The van der Waals surface area contributed by atoms with Crippen molar-refractivity contribution in [1.29, 1.82) is 0 Å². The molecular formula is C6H17O10P3. The molecule has 0 amide bonds. The van der Waals surface area contributed by atoms with Gasteiger partial charge in [0.1, 0.15) is 0 Å². The molecule has 0 aliphatic carbocycles. The van der Waals surface area contributed by atoms with Gasteiger partial charge in [0.25, 0.3) is 0 Å². The zero-order valence-electron chi connectivity index (χ0n) is 10.6. The van der Waals surface area contributed by atoms with E-state index in [-0.39, 0.29) is 19.8 Å². The highest BCUT2D eigenvalue weighted by molar-refractivity contribution is 7.67. The Labute approximate surface area is 110 Å². The van der Waals surface area contributed by atoms with Gasteiger partial charge in [-0.05, 0) is 20.8 Å². The van der Waals surface area contributed by atoms with Gasteiger partial charge in [-0.15, -0.1) is 0 Å². The van der Waals surface area contributed by atoms with Gasteiger partial charge in [-0.1, -0.05) is 0 Å². The maximum Gasteiger partial charge on any atom is 0.490 e. The molecule has 10 nitrogen and oxygen atoms in total. The van der Waals surface area contributed by atoms with Crippen LogP contribution >= 0.6 is 23.5 Å². The van der Waals surface area contributed by atoms with Crippen LogP contribution in [0.25, 0.3) is 0 Å². The van der Waals surface area contributed by atoms with Crippen LogP contribution in [-0.2, 0) is 35.9 Å². The van der Waals surface area contributed by atoms with E-state index < -0.39 is 23.5 Å². The number of phosphoric acid groups is 3. The van der Waals surface area contributed by atoms with E-state index in [2.05, 4.69) is 22.2 Å². The van der Waals surface area contributed by atoms with Crippen LogP contribution in [-0.4, -0.2) is 29.6 Å². The predicted octanol–water partition coefficient (Wildman–Crippen LogP) is 2.44. The van der Waals surface area contributed by atoms with Gasteiger partial charge >= 0.3 is 23.5 Å². The third-order valence-corrected chi connectivity index (χ3v) is 6.29. The molecule has 2 atom stereocenters. The molecule has 0 aromatic rings. The minimum absolute atomic E-state index is 0.139. The van der Waals surface area contributed by atoms with Gasteiger partial charge in [0.15, 0.2) is 0 Å². The summed E-state index contributed by atoms with van der Waals surface area (Å²) in [5.41, 5.74) is 0. The Balaban J connectivity index is 4.87. The molecule has 0 bridgehead atoms. The second-order valence-corrected chi connectivity index (χ2v) is 7.65. The summed E-state index contributed by atoms with van der Waals surface area (Å²) in [6, 6.07) is 0. The van der Waals surface area contributed by atoms with E-state index >= 15 is 0 Å². The molecule has 0 aliphatic heterocycles. The molecule has 0 aromatic heterocycles. The first-order chi connectivity index (χ1) is 8.60. The Bertz CT molecular complexity index is 398. The fourth-order valence-corrected chi connectivity index (χ4v) is 4.90. The van der Waals surface area contributed by atoms with Gasteiger partial charge in [-0.2, -0.15) is 8.62 Å². The van der Waals surface area contributed by atoms with Crippen LogP contribution in [0.5, 0.6) is 0 Å². The van der Waals surface area contributed by atoms with Crippen molar-refractivity contribution >= 4 is 23.5 Å². The highest BCUT2D eigenvalue weighted by atomic mass is 31.3. The average molecular weight is 342 g/mol. The molecule has 19 heavy (non-hydrogen) atoms. The van der Waals surface area contributed by atoms with Crippen molar-refractivity contribution in [1.82, 2.24) is 0 Å². The molecule has 0 spiro atoms. The van der Waals surface area contributed by atoms with E-state index in [9.17, 15) is 18.6 Å². The largest absolute Gasteiger partial charge is 0.490 e. The second-order valence-electron chi connectivity index (χ2n) is 2.80. The Hall–Kier alpha value is 0.410. The summed E-state index contributed by atoms with van der Waals surface area (Å²) in [6.07, 6.45) is 0. The topological polar surface area (TPSA) is 138 Å². The third kappa shape index (κ3) is 8.32. The highest BCUT2D eigenvalue weighted by Crippen LogP contribution is 2.69. The van der Waals surface area contributed by atoms with Gasteiger partial charge < -0.3 is 9.79 Å². The van der Waals surface area contributed by atoms with E-state index in [4.69, 9.17) is 4.89 Å². The molecule has 0 saturated carbocycles. The van der Waals surface area contributed by atoms with Crippen LogP contribution in [0.15, 0.2) is 0 Å². The van der Waals surface area contributed by atoms with Crippen LogP contribution in [0, 0.1) is 0 Å². The van der Waals surface area contributed by atoms with Gasteiger partial charge in [0.2, 0.25) is 0 Å². The van der Waals surface area contributed by atoms with Crippen molar-refractivity contribution in [2.75, 3.05) is 19.8 Å². The summed E-state index contributed by atoms with van der Waals surface area (Å²) in [6.45, 7) is 3.71. The summed E-state index contributed by atoms with van der Waals surface area (Å²) in [4.78, 5) is 18.3. The average Bonchev–Trinajstić information content (AvgIpc) is 2.13. The fraction of sp³-hybridized carbons (Fsp3) is 1.00. The molecule has 0 fully saturated rings. The minimum atomic E-state index is -5.18. The van der Waals surface area contributed by atoms with Gasteiger partial charge in [-0.3, -0.25) is 13.6 Å². The zero-order valence-corrected chi connectivity index (χ0v) is 13.3. The maximum atomic E-state index is 11.8. The van der Waals surface area contributed by atoms with Crippen molar-refractivity contribution in [3.63, 3.8) is 0 Å². The monoisotopic (exact) mass is 342 g/mol. The van der Waals surface area contributed by atoms with E-state index in [0.717, 1.165) is 0 Å². The van der Waals surface area contributed by atoms with Crippen molar-refractivity contribution in [2.45, 2.75) is 20.8 Å². The van der Waals surface area contributed by atoms with Crippen LogP contribution in [0.1, 0.15) is 20.8 Å². The van der Waals surface area contributed by atoms with E-state index in [1.807, 2.05) is 0 Å². The van der Waals surface area contributed by atoms with Gasteiger partial charge in [0, 0.05) is 0 Å². The van der Waals surface area contributed by atoms with Crippen molar-refractivity contribution in [2.24, 2.45) is 0 Å². The van der Waals surface area contributed by atoms with Crippen molar-refractivity contribution < 1.29 is 45.7 Å². The van der Waals surface area contributed by atoms with Gasteiger partial charge in [-0.25, -0.2) is 13.7 Å². The number of hydrogen-bond acceptors (Lipinski definition) is 8. The van der Waals surface area contributed by atoms with Crippen LogP contribution in [0.2, 0.25) is 0 Å². The lowest BCUT2D eigenvalue weighted by atomic mass is 10.9. The predicted molar refractivity (Wildman–Crippen MR) is 64.3 cm³/mol. The molecule has 2 N–H and O–H groups in total. The summed E-state index contributed by atoms with van der Waals surface area (Å²) < 4.78 is 55.8. The third-order valence-electron chi connectivity index (χ3n) is 1.28. The molecule has 0 aromatic carbocycles. The van der Waals surface area contributed by atoms with Crippen molar-refractivity contribution in [3.05, 3.63) is 0 Å². The summed E-state index contributed by atoms with van der Waals surface area (Å²) in [7, 11) is -14.4. The Kier molecular flexibility index (Phi) is 8.17. The molecule has 0 radical (unpaired) electrons. The van der Waals surface area contributed by atoms with Crippen molar-refractivity contribution in [3.8, 4) is 0 Å². The standard InChI is InChI=1S/C6H17O10P3/c1-4-12-17(7,8)15-18(9,10)16-19(11,13-5-2)14-6-3/h4-6H2,1-3H3,(H,7,8)(H,9,10). The van der Waals surface area contributed by atoms with E-state index in [0.29, 0.717) is 0 Å². The zero-order chi connectivity index (χ0) is 15.2. The lowest BCUT2D eigenvalue weighted by molar-refractivity contribution is 0.141. The summed E-state index contributed by atoms with van der Waals surface area (Å²) in [5.74, 6) is 0. The molecule has 0 saturated heterocycles. The maximum absolute atomic E-state index is 11.8. The lowest BCUT2D eigenvalue weighted by Gasteiger charge is -2.20. The van der Waals surface area contributed by atoms with Gasteiger partial charge in [0.05, 0.1) is 19.8 Å². The normalized spacial score (nSPS) is 18.8. The first-order valence-corrected chi connectivity index (χ1v) is 9.66. The molecule has 13 heteroatoms. The van der Waals surface area contributed by atoms with Crippen LogP contribution in [0.4, 0.5) is 0 Å². The minimum Gasteiger partial charge on any atom is -0.302 e. The lowest BCUT2D eigenvalue weighted by Crippen LogP contribution is -2.01. The molecule has 2 unspecified atom stereocenters. The molecular weight excluding hydrogens is 325 g/mol. The SMILES string of the molecule is CCOP(=O)(O)OP(=O)(O)OP(=O)(OCC)OCC. The fourth-order valence-electron chi connectivity index (χ4n) is 0.859. The highest BCUT2D eigenvalue weighted by Gasteiger charge is 2.43.